The minimum atomic E-state index is -0.0396. The zero-order chi connectivity index (χ0) is 13.2. The smallest absolute Gasteiger partial charge is 0.124 e. The van der Waals surface area contributed by atoms with Gasteiger partial charge in [-0.3, -0.25) is 4.57 Å². The Morgan fingerprint density at radius 2 is 1.89 bits per heavy atom. The van der Waals surface area contributed by atoms with Crippen molar-refractivity contribution in [2.24, 2.45) is 0 Å². The van der Waals surface area contributed by atoms with Crippen molar-refractivity contribution in [1.82, 2.24) is 9.55 Å². The normalized spacial score (nSPS) is 15.5. The number of rotatable bonds is 0. The van der Waals surface area contributed by atoms with Gasteiger partial charge in [0.15, 0.2) is 0 Å². The molecular formula is C16H13BrN2. The second kappa shape index (κ2) is 3.48. The Morgan fingerprint density at radius 1 is 1.11 bits per heavy atom. The maximum Gasteiger partial charge on any atom is 0.124 e. The molecule has 2 heterocycles. The molecule has 3 heteroatoms. The Labute approximate surface area is 120 Å². The molecular weight excluding hydrogens is 300 g/mol. The SMILES string of the molecule is CC1(C)c2ccccc2-n2c1nc1cc(Br)ccc12. The summed E-state index contributed by atoms with van der Waals surface area (Å²) in [5.74, 6) is 1.13. The summed E-state index contributed by atoms with van der Waals surface area (Å²) in [5.41, 5.74) is 4.79. The first-order valence-corrected chi connectivity index (χ1v) is 7.17. The van der Waals surface area contributed by atoms with E-state index in [1.165, 1.54) is 16.8 Å². The molecule has 0 fully saturated rings. The van der Waals surface area contributed by atoms with Crippen LogP contribution in [0, 0.1) is 0 Å². The second-order valence-corrected chi connectivity index (χ2v) is 6.46. The molecule has 0 atom stereocenters. The monoisotopic (exact) mass is 312 g/mol. The van der Waals surface area contributed by atoms with Gasteiger partial charge in [0.25, 0.3) is 0 Å². The number of para-hydroxylation sites is 1. The summed E-state index contributed by atoms with van der Waals surface area (Å²) >= 11 is 3.52. The summed E-state index contributed by atoms with van der Waals surface area (Å²) in [4.78, 5) is 4.85. The summed E-state index contributed by atoms with van der Waals surface area (Å²) in [5, 5.41) is 0. The first-order valence-electron chi connectivity index (χ1n) is 6.37. The predicted molar refractivity (Wildman–Crippen MR) is 80.9 cm³/mol. The zero-order valence-electron chi connectivity index (χ0n) is 10.8. The van der Waals surface area contributed by atoms with E-state index in [9.17, 15) is 0 Å². The molecule has 3 aromatic rings. The molecule has 19 heavy (non-hydrogen) atoms. The molecule has 94 valence electrons. The van der Waals surface area contributed by atoms with Gasteiger partial charge in [0.1, 0.15) is 5.82 Å². The van der Waals surface area contributed by atoms with Crippen molar-refractivity contribution < 1.29 is 0 Å². The molecule has 0 spiro atoms. The van der Waals surface area contributed by atoms with Gasteiger partial charge in [-0.1, -0.05) is 34.1 Å². The molecule has 0 amide bonds. The number of nitrogens with zero attached hydrogens (tertiary/aromatic N) is 2. The summed E-state index contributed by atoms with van der Waals surface area (Å²) in [6.07, 6.45) is 0. The average Bonchev–Trinajstić information content (AvgIpc) is 2.86. The number of benzene rings is 2. The molecule has 0 aliphatic carbocycles. The van der Waals surface area contributed by atoms with Crippen LogP contribution in [0.2, 0.25) is 0 Å². The maximum atomic E-state index is 4.85. The van der Waals surface area contributed by atoms with Gasteiger partial charge in [-0.15, -0.1) is 0 Å². The number of fused-ring (bicyclic) bond motifs is 5. The zero-order valence-corrected chi connectivity index (χ0v) is 12.4. The standard InChI is InChI=1S/C16H13BrN2/c1-16(2)11-5-3-4-6-13(11)19-14-8-7-10(17)9-12(14)18-15(16)19/h3-9H,1-2H3. The average molecular weight is 313 g/mol. The van der Waals surface area contributed by atoms with E-state index in [4.69, 9.17) is 4.98 Å². The Hall–Kier alpha value is -1.61. The van der Waals surface area contributed by atoms with E-state index in [-0.39, 0.29) is 5.41 Å². The van der Waals surface area contributed by atoms with Crippen LogP contribution in [0.1, 0.15) is 25.2 Å². The van der Waals surface area contributed by atoms with Crippen molar-refractivity contribution in [3.05, 3.63) is 58.3 Å². The van der Waals surface area contributed by atoms with Crippen LogP contribution in [0.5, 0.6) is 0 Å². The van der Waals surface area contributed by atoms with Gasteiger partial charge < -0.3 is 0 Å². The van der Waals surface area contributed by atoms with E-state index < -0.39 is 0 Å². The van der Waals surface area contributed by atoms with Gasteiger partial charge >= 0.3 is 0 Å². The number of hydrogen-bond acceptors (Lipinski definition) is 1. The predicted octanol–water partition coefficient (Wildman–Crippen LogP) is 4.43. The third kappa shape index (κ3) is 1.34. The number of halogens is 1. The van der Waals surface area contributed by atoms with Gasteiger partial charge in [-0.2, -0.15) is 0 Å². The quantitative estimate of drug-likeness (QED) is 0.600. The lowest BCUT2D eigenvalue weighted by Gasteiger charge is -2.17. The van der Waals surface area contributed by atoms with Crippen LogP contribution in [-0.2, 0) is 5.41 Å². The highest BCUT2D eigenvalue weighted by atomic mass is 79.9. The van der Waals surface area contributed by atoms with Crippen LogP contribution in [0.4, 0.5) is 0 Å². The topological polar surface area (TPSA) is 17.8 Å². The summed E-state index contributed by atoms with van der Waals surface area (Å²) in [6.45, 7) is 4.48. The fourth-order valence-corrected chi connectivity index (χ4v) is 3.38. The van der Waals surface area contributed by atoms with Gasteiger partial charge in [0.2, 0.25) is 0 Å². The summed E-state index contributed by atoms with van der Waals surface area (Å²) in [6, 6.07) is 14.9. The van der Waals surface area contributed by atoms with Crippen molar-refractivity contribution in [2.75, 3.05) is 0 Å². The highest BCUT2D eigenvalue weighted by Gasteiger charge is 2.38. The third-order valence-corrected chi connectivity index (χ3v) is 4.49. The lowest BCUT2D eigenvalue weighted by Crippen LogP contribution is -2.16. The second-order valence-electron chi connectivity index (χ2n) is 5.55. The van der Waals surface area contributed by atoms with Crippen LogP contribution in [0.15, 0.2) is 46.9 Å². The molecule has 0 bridgehead atoms. The van der Waals surface area contributed by atoms with Crippen molar-refractivity contribution in [1.29, 1.82) is 0 Å². The molecule has 1 aliphatic rings. The van der Waals surface area contributed by atoms with E-state index in [2.05, 4.69) is 76.8 Å². The summed E-state index contributed by atoms with van der Waals surface area (Å²) in [7, 11) is 0. The van der Waals surface area contributed by atoms with E-state index in [1.54, 1.807) is 0 Å². The van der Waals surface area contributed by atoms with Gasteiger partial charge in [-0.25, -0.2) is 4.98 Å². The summed E-state index contributed by atoms with van der Waals surface area (Å²) < 4.78 is 3.36. The van der Waals surface area contributed by atoms with Crippen LogP contribution in [0.3, 0.4) is 0 Å². The largest absolute Gasteiger partial charge is 0.295 e. The van der Waals surface area contributed by atoms with Crippen molar-refractivity contribution in [2.45, 2.75) is 19.3 Å². The molecule has 0 saturated heterocycles. The molecule has 2 nitrogen and oxygen atoms in total. The first-order chi connectivity index (χ1) is 9.09. The van der Waals surface area contributed by atoms with Gasteiger partial charge in [0.05, 0.1) is 22.1 Å². The van der Waals surface area contributed by atoms with Crippen LogP contribution in [-0.4, -0.2) is 9.55 Å². The van der Waals surface area contributed by atoms with Crippen molar-refractivity contribution in [3.63, 3.8) is 0 Å². The molecule has 1 aromatic heterocycles. The van der Waals surface area contributed by atoms with Crippen molar-refractivity contribution in [3.8, 4) is 5.69 Å². The lowest BCUT2D eigenvalue weighted by atomic mass is 9.86. The number of aromatic nitrogens is 2. The third-order valence-electron chi connectivity index (χ3n) is 3.99. The van der Waals surface area contributed by atoms with Crippen LogP contribution >= 0.6 is 15.9 Å². The molecule has 0 unspecified atom stereocenters. The number of hydrogen-bond donors (Lipinski definition) is 0. The van der Waals surface area contributed by atoms with Crippen LogP contribution in [0.25, 0.3) is 16.7 Å². The molecule has 1 aliphatic heterocycles. The minimum absolute atomic E-state index is 0.0396. The van der Waals surface area contributed by atoms with Crippen LogP contribution < -0.4 is 0 Å². The number of imidazole rings is 1. The highest BCUT2D eigenvalue weighted by Crippen LogP contribution is 2.44. The fourth-order valence-electron chi connectivity index (χ4n) is 3.03. The lowest BCUT2D eigenvalue weighted by molar-refractivity contribution is 0.621. The van der Waals surface area contributed by atoms with Crippen molar-refractivity contribution >= 4 is 27.0 Å². The highest BCUT2D eigenvalue weighted by molar-refractivity contribution is 9.10. The molecule has 2 aromatic carbocycles. The van der Waals surface area contributed by atoms with E-state index in [1.807, 2.05) is 0 Å². The van der Waals surface area contributed by atoms with E-state index in [0.717, 1.165) is 15.8 Å². The molecule has 0 saturated carbocycles. The van der Waals surface area contributed by atoms with E-state index >= 15 is 0 Å². The van der Waals surface area contributed by atoms with E-state index in [0.29, 0.717) is 0 Å². The fraction of sp³-hybridized carbons (Fsp3) is 0.188. The Morgan fingerprint density at radius 3 is 2.74 bits per heavy atom. The Kier molecular flexibility index (Phi) is 2.06. The minimum Gasteiger partial charge on any atom is -0.295 e. The Balaban J connectivity index is 2.18. The first kappa shape index (κ1) is 11.2. The van der Waals surface area contributed by atoms with Gasteiger partial charge in [-0.05, 0) is 43.7 Å². The molecule has 0 N–H and O–H groups in total. The molecule has 4 rings (SSSR count). The maximum absolute atomic E-state index is 4.85. The molecule has 0 radical (unpaired) electrons. The van der Waals surface area contributed by atoms with Gasteiger partial charge in [0, 0.05) is 4.47 Å². The Bertz CT molecular complexity index is 815.